The minimum atomic E-state index is -0.278. The molecular weight excluding hydrogens is 458 g/mol. The third kappa shape index (κ3) is 5.70. The highest BCUT2D eigenvalue weighted by Gasteiger charge is 2.20. The highest BCUT2D eigenvalue weighted by atomic mass is 79.9. The van der Waals surface area contributed by atoms with Crippen molar-refractivity contribution in [3.05, 3.63) is 76.4 Å². The van der Waals surface area contributed by atoms with Crippen LogP contribution in [0.25, 0.3) is 11.3 Å². The Labute approximate surface area is 190 Å². The van der Waals surface area contributed by atoms with Gasteiger partial charge in [-0.3, -0.25) is 14.6 Å². The van der Waals surface area contributed by atoms with Gasteiger partial charge >= 0.3 is 0 Å². The first kappa shape index (κ1) is 22.5. The predicted molar refractivity (Wildman–Crippen MR) is 125 cm³/mol. The molecule has 7 heteroatoms. The van der Waals surface area contributed by atoms with Gasteiger partial charge in [0.05, 0.1) is 24.1 Å². The van der Waals surface area contributed by atoms with Crippen LogP contribution in [0.1, 0.15) is 23.0 Å². The molecular formula is C24H24BrN3O3. The smallest absolute Gasteiger partial charge is 0.256 e. The Hall–Kier alpha value is -3.19. The number of likely N-dealkylation sites (N-methyl/N-ethyl adjacent to an activating group) is 1. The van der Waals surface area contributed by atoms with Crippen LogP contribution in [0, 0.1) is 6.92 Å². The summed E-state index contributed by atoms with van der Waals surface area (Å²) in [6.45, 7) is 3.99. The molecule has 0 fully saturated rings. The lowest BCUT2D eigenvalue weighted by Crippen LogP contribution is -2.38. The van der Waals surface area contributed by atoms with Gasteiger partial charge in [-0.2, -0.15) is 0 Å². The molecule has 0 unspecified atom stereocenters. The second-order valence-corrected chi connectivity index (χ2v) is 7.85. The number of nitrogens with zero attached hydrogens (tertiary/aromatic N) is 2. The summed E-state index contributed by atoms with van der Waals surface area (Å²) in [7, 11) is 1.57. The highest BCUT2D eigenvalue weighted by molar-refractivity contribution is 9.10. The molecule has 0 spiro atoms. The van der Waals surface area contributed by atoms with E-state index in [0.717, 1.165) is 15.7 Å². The fraction of sp³-hybridized carbons (Fsp3) is 0.208. The second-order valence-electron chi connectivity index (χ2n) is 6.94. The van der Waals surface area contributed by atoms with Crippen molar-refractivity contribution in [2.75, 3.05) is 25.5 Å². The van der Waals surface area contributed by atoms with Crippen LogP contribution in [0.2, 0.25) is 0 Å². The second kappa shape index (κ2) is 10.2. The molecule has 0 saturated carbocycles. The highest BCUT2D eigenvalue weighted by Crippen LogP contribution is 2.23. The summed E-state index contributed by atoms with van der Waals surface area (Å²) in [6, 6.07) is 18.5. The van der Waals surface area contributed by atoms with E-state index in [2.05, 4.69) is 26.2 Å². The number of methoxy groups -OCH3 is 1. The molecule has 1 heterocycles. The molecule has 3 rings (SSSR count). The maximum Gasteiger partial charge on any atom is 0.256 e. The van der Waals surface area contributed by atoms with Crippen LogP contribution >= 0.6 is 15.9 Å². The van der Waals surface area contributed by atoms with Gasteiger partial charge in [0.1, 0.15) is 12.3 Å². The van der Waals surface area contributed by atoms with E-state index >= 15 is 0 Å². The Balaban J connectivity index is 1.73. The van der Waals surface area contributed by atoms with E-state index in [4.69, 9.17) is 4.74 Å². The van der Waals surface area contributed by atoms with Crippen molar-refractivity contribution in [1.29, 1.82) is 0 Å². The monoisotopic (exact) mass is 481 g/mol. The number of hydrogen-bond donors (Lipinski definition) is 1. The number of carbonyl (C=O) groups is 2. The molecule has 0 aliphatic rings. The number of anilines is 1. The van der Waals surface area contributed by atoms with Crippen molar-refractivity contribution >= 4 is 33.4 Å². The van der Waals surface area contributed by atoms with Crippen LogP contribution in [0.3, 0.4) is 0 Å². The first-order valence-electron chi connectivity index (χ1n) is 9.88. The molecule has 3 aromatic rings. The summed E-state index contributed by atoms with van der Waals surface area (Å²) in [6.07, 6.45) is 0. The zero-order valence-corrected chi connectivity index (χ0v) is 19.3. The van der Waals surface area contributed by atoms with E-state index in [1.165, 1.54) is 4.90 Å². The van der Waals surface area contributed by atoms with Gasteiger partial charge < -0.3 is 15.0 Å². The van der Waals surface area contributed by atoms with Crippen LogP contribution in [0.4, 0.5) is 5.69 Å². The van der Waals surface area contributed by atoms with Crippen molar-refractivity contribution in [2.45, 2.75) is 13.8 Å². The third-order valence-corrected chi connectivity index (χ3v) is 5.29. The van der Waals surface area contributed by atoms with E-state index in [9.17, 15) is 9.59 Å². The van der Waals surface area contributed by atoms with Crippen molar-refractivity contribution < 1.29 is 14.3 Å². The van der Waals surface area contributed by atoms with Gasteiger partial charge in [0.25, 0.3) is 5.91 Å². The van der Waals surface area contributed by atoms with E-state index in [1.807, 2.05) is 37.3 Å². The number of ether oxygens (including phenoxy) is 1. The van der Waals surface area contributed by atoms with Crippen LogP contribution in [-0.4, -0.2) is 41.9 Å². The number of carbonyl (C=O) groups excluding carboxylic acids is 2. The summed E-state index contributed by atoms with van der Waals surface area (Å²) >= 11 is 3.47. The number of pyridine rings is 1. The molecule has 1 aromatic heterocycles. The van der Waals surface area contributed by atoms with Crippen LogP contribution < -0.4 is 10.1 Å². The van der Waals surface area contributed by atoms with Gasteiger partial charge in [-0.25, -0.2) is 0 Å². The average Bonchev–Trinajstić information content (AvgIpc) is 2.77. The number of nitrogens with one attached hydrogen (secondary N) is 1. The zero-order valence-electron chi connectivity index (χ0n) is 17.7. The molecule has 0 atom stereocenters. The Kier molecular flexibility index (Phi) is 7.41. The molecule has 0 saturated heterocycles. The number of aromatic nitrogens is 1. The predicted octanol–water partition coefficient (Wildman–Crippen LogP) is 4.93. The standard InChI is InChI=1S/C24H24BrN3O3/c1-4-28(15-23(29)27-19-9-6-10-20(14-19)31-3)24(30)21-11-12-22(26-16(21)2)17-7-5-8-18(25)13-17/h5-14H,4,15H2,1-3H3,(H,27,29). The number of rotatable bonds is 7. The molecule has 0 radical (unpaired) electrons. The van der Waals surface area contributed by atoms with Gasteiger partial charge in [0.2, 0.25) is 5.91 Å². The van der Waals surface area contributed by atoms with Crippen molar-refractivity contribution in [1.82, 2.24) is 9.88 Å². The number of amides is 2. The topological polar surface area (TPSA) is 71.5 Å². The average molecular weight is 482 g/mol. The van der Waals surface area contributed by atoms with Gasteiger partial charge in [-0.05, 0) is 50.2 Å². The molecule has 6 nitrogen and oxygen atoms in total. The summed E-state index contributed by atoms with van der Waals surface area (Å²) < 4.78 is 6.13. The molecule has 1 N–H and O–H groups in total. The number of halogens is 1. The molecule has 2 amide bonds. The first-order valence-corrected chi connectivity index (χ1v) is 10.7. The van der Waals surface area contributed by atoms with Crippen LogP contribution in [0.15, 0.2) is 65.1 Å². The van der Waals surface area contributed by atoms with Gasteiger partial charge in [0.15, 0.2) is 0 Å². The fourth-order valence-electron chi connectivity index (χ4n) is 3.17. The Morgan fingerprint density at radius 1 is 1.10 bits per heavy atom. The quantitative estimate of drug-likeness (QED) is 0.519. The van der Waals surface area contributed by atoms with E-state index in [0.29, 0.717) is 29.2 Å². The fourth-order valence-corrected chi connectivity index (χ4v) is 3.57. The molecule has 2 aromatic carbocycles. The van der Waals surface area contributed by atoms with Crippen molar-refractivity contribution in [2.24, 2.45) is 0 Å². The molecule has 31 heavy (non-hydrogen) atoms. The zero-order chi connectivity index (χ0) is 22.4. The summed E-state index contributed by atoms with van der Waals surface area (Å²) in [5.74, 6) is 0.141. The summed E-state index contributed by atoms with van der Waals surface area (Å²) in [4.78, 5) is 31.7. The Morgan fingerprint density at radius 3 is 2.55 bits per heavy atom. The van der Waals surface area contributed by atoms with Crippen LogP contribution in [0.5, 0.6) is 5.75 Å². The third-order valence-electron chi connectivity index (χ3n) is 4.79. The summed E-state index contributed by atoms with van der Waals surface area (Å²) in [5.41, 5.74) is 3.46. The molecule has 0 aliphatic carbocycles. The van der Waals surface area contributed by atoms with E-state index in [-0.39, 0.29) is 18.4 Å². The Bertz CT molecular complexity index is 1100. The minimum absolute atomic E-state index is 0.0562. The maximum atomic E-state index is 13.1. The van der Waals surface area contributed by atoms with Gasteiger partial charge in [-0.15, -0.1) is 0 Å². The van der Waals surface area contributed by atoms with E-state index in [1.54, 1.807) is 44.4 Å². The van der Waals surface area contributed by atoms with Crippen molar-refractivity contribution in [3.8, 4) is 17.0 Å². The molecule has 0 bridgehead atoms. The SMILES string of the molecule is CCN(CC(=O)Nc1cccc(OC)c1)C(=O)c1ccc(-c2cccc(Br)c2)nc1C. The Morgan fingerprint density at radius 2 is 1.87 bits per heavy atom. The lowest BCUT2D eigenvalue weighted by molar-refractivity contribution is -0.116. The number of benzene rings is 2. The lowest BCUT2D eigenvalue weighted by atomic mass is 10.1. The summed E-state index contributed by atoms with van der Waals surface area (Å²) in [5, 5.41) is 2.81. The van der Waals surface area contributed by atoms with Crippen molar-refractivity contribution in [3.63, 3.8) is 0 Å². The van der Waals surface area contributed by atoms with Crippen LogP contribution in [-0.2, 0) is 4.79 Å². The molecule has 160 valence electrons. The number of aryl methyl sites for hydroxylation is 1. The minimum Gasteiger partial charge on any atom is -0.497 e. The van der Waals surface area contributed by atoms with E-state index < -0.39 is 0 Å². The van der Waals surface area contributed by atoms with Gasteiger partial charge in [-0.1, -0.05) is 34.1 Å². The first-order chi connectivity index (χ1) is 14.9. The largest absolute Gasteiger partial charge is 0.497 e. The van der Waals surface area contributed by atoms with Gasteiger partial charge in [0, 0.05) is 28.3 Å². The molecule has 0 aliphatic heterocycles. The number of hydrogen-bond acceptors (Lipinski definition) is 4. The maximum absolute atomic E-state index is 13.1. The lowest BCUT2D eigenvalue weighted by Gasteiger charge is -2.21. The normalized spacial score (nSPS) is 10.5.